The molecule has 3 aromatic rings. The van der Waals surface area contributed by atoms with Gasteiger partial charge in [-0.25, -0.2) is 0 Å². The van der Waals surface area contributed by atoms with E-state index in [1.807, 2.05) is 36.4 Å². The van der Waals surface area contributed by atoms with Gasteiger partial charge in [-0.15, -0.1) is 0 Å². The average Bonchev–Trinajstić information content (AvgIpc) is 2.82. The number of para-hydroxylation sites is 1. The lowest BCUT2D eigenvalue weighted by molar-refractivity contribution is -0.137. The summed E-state index contributed by atoms with van der Waals surface area (Å²) in [5.74, 6) is 0.686. The number of aromatic nitrogens is 1. The van der Waals surface area contributed by atoms with Crippen molar-refractivity contribution in [3.8, 4) is 0 Å². The summed E-state index contributed by atoms with van der Waals surface area (Å²) in [7, 11) is 0. The Kier molecular flexibility index (Phi) is 5.51. The monoisotopic (exact) mass is 438 g/mol. The fourth-order valence-electron chi connectivity index (χ4n) is 5.29. The van der Waals surface area contributed by atoms with E-state index in [4.69, 9.17) is 0 Å². The lowest BCUT2D eigenvalue weighted by Crippen LogP contribution is -2.54. The molecule has 6 heteroatoms. The molecule has 0 aliphatic carbocycles. The Morgan fingerprint density at radius 2 is 1.94 bits per heavy atom. The molecule has 2 aromatic carbocycles. The summed E-state index contributed by atoms with van der Waals surface area (Å²) in [6.45, 7) is 1.74. The maximum absolute atomic E-state index is 13.0. The number of hydrogen-bond acceptors (Lipinski definition) is 3. The molecule has 0 radical (unpaired) electrons. The quantitative estimate of drug-likeness (QED) is 0.567. The van der Waals surface area contributed by atoms with Crippen LogP contribution in [0.25, 0.3) is 17.0 Å². The van der Waals surface area contributed by atoms with Gasteiger partial charge < -0.3 is 5.11 Å². The highest BCUT2D eigenvalue weighted by Gasteiger charge is 2.42. The minimum atomic E-state index is -4.33. The molecule has 166 valence electrons. The molecule has 4 heterocycles. The van der Waals surface area contributed by atoms with Gasteiger partial charge >= 0.3 is 6.18 Å². The third kappa shape index (κ3) is 4.05. The fraction of sp³-hybridized carbons (Fsp3) is 0.346. The second-order valence-electron chi connectivity index (χ2n) is 8.86. The molecule has 3 aliphatic rings. The first-order chi connectivity index (χ1) is 15.4. The number of aliphatic hydroxyl groups is 1. The predicted octanol–water partition coefficient (Wildman–Crippen LogP) is 5.71. The van der Waals surface area contributed by atoms with Gasteiger partial charge in [0.25, 0.3) is 0 Å². The van der Waals surface area contributed by atoms with Gasteiger partial charge in [-0.2, -0.15) is 13.2 Å². The number of halogens is 3. The molecule has 3 aliphatic heterocycles. The van der Waals surface area contributed by atoms with Crippen molar-refractivity contribution in [2.45, 2.75) is 31.2 Å². The van der Waals surface area contributed by atoms with Gasteiger partial charge in [-0.05, 0) is 66.6 Å². The summed E-state index contributed by atoms with van der Waals surface area (Å²) in [6.07, 6.45) is 2.59. The van der Waals surface area contributed by atoms with Crippen LogP contribution in [0, 0.1) is 11.8 Å². The number of nitrogens with zero attached hydrogens (tertiary/aromatic N) is 2. The largest absolute Gasteiger partial charge is 0.416 e. The molecule has 0 spiro atoms. The number of piperidine rings is 3. The zero-order valence-electron chi connectivity index (χ0n) is 17.5. The highest BCUT2D eigenvalue weighted by atomic mass is 19.4. The Balaban J connectivity index is 1.32. The third-order valence-electron chi connectivity index (χ3n) is 6.97. The Morgan fingerprint density at radius 3 is 2.72 bits per heavy atom. The summed E-state index contributed by atoms with van der Waals surface area (Å²) in [5.41, 5.74) is 1.73. The van der Waals surface area contributed by atoms with Crippen LogP contribution in [0.15, 0.2) is 66.9 Å². The first-order valence-corrected chi connectivity index (χ1v) is 11.0. The van der Waals surface area contributed by atoms with Crippen LogP contribution in [-0.4, -0.2) is 34.1 Å². The predicted molar refractivity (Wildman–Crippen MR) is 119 cm³/mol. The normalized spacial score (nSPS) is 26.6. The van der Waals surface area contributed by atoms with Crippen molar-refractivity contribution in [1.29, 1.82) is 0 Å². The van der Waals surface area contributed by atoms with Crippen LogP contribution in [0.5, 0.6) is 0 Å². The van der Waals surface area contributed by atoms with E-state index in [2.05, 4.69) is 16.0 Å². The minimum absolute atomic E-state index is 0.0396. The van der Waals surface area contributed by atoms with Gasteiger partial charge in [0.1, 0.15) is 0 Å². The van der Waals surface area contributed by atoms with Crippen LogP contribution >= 0.6 is 0 Å². The number of aliphatic hydroxyl groups excluding tert-OH is 1. The Labute approximate surface area is 185 Å². The van der Waals surface area contributed by atoms with E-state index in [0.717, 1.165) is 48.5 Å². The first kappa shape index (κ1) is 21.2. The molecule has 32 heavy (non-hydrogen) atoms. The van der Waals surface area contributed by atoms with E-state index in [0.29, 0.717) is 11.5 Å². The van der Waals surface area contributed by atoms with Crippen LogP contribution in [0.3, 0.4) is 0 Å². The van der Waals surface area contributed by atoms with E-state index in [-0.39, 0.29) is 12.0 Å². The fourth-order valence-corrected chi connectivity index (χ4v) is 5.29. The number of hydrogen-bond donors (Lipinski definition) is 1. The Hall–Kier alpha value is -2.70. The summed E-state index contributed by atoms with van der Waals surface area (Å²) < 4.78 is 38.9. The average molecular weight is 438 g/mol. The van der Waals surface area contributed by atoms with E-state index < -0.39 is 17.8 Å². The summed E-state index contributed by atoms with van der Waals surface area (Å²) in [4.78, 5) is 6.73. The van der Waals surface area contributed by atoms with Crippen molar-refractivity contribution in [2.24, 2.45) is 11.8 Å². The van der Waals surface area contributed by atoms with Crippen LogP contribution in [-0.2, 0) is 6.18 Å². The highest BCUT2D eigenvalue weighted by molar-refractivity contribution is 5.82. The number of pyridine rings is 1. The maximum atomic E-state index is 13.0. The van der Waals surface area contributed by atoms with Crippen molar-refractivity contribution in [3.63, 3.8) is 0 Å². The van der Waals surface area contributed by atoms with Crippen molar-refractivity contribution in [2.75, 3.05) is 13.1 Å². The molecule has 0 amide bonds. The second kappa shape index (κ2) is 8.34. The van der Waals surface area contributed by atoms with Crippen LogP contribution in [0.4, 0.5) is 13.2 Å². The SMILES string of the molecule is O[C@@H](c1ccnc2ccccc12)C1CC2CCN1CC2/C=C/c1cccc(C(F)(F)F)c1. The molecule has 6 rings (SSSR count). The van der Waals surface area contributed by atoms with Crippen LogP contribution in [0.2, 0.25) is 0 Å². The van der Waals surface area contributed by atoms with Crippen LogP contribution in [0.1, 0.15) is 35.6 Å². The Bertz CT molecular complexity index is 1140. The molecule has 3 nitrogen and oxygen atoms in total. The van der Waals surface area contributed by atoms with Crippen molar-refractivity contribution in [1.82, 2.24) is 9.88 Å². The molecule has 0 saturated carbocycles. The van der Waals surface area contributed by atoms with Gasteiger partial charge in [-0.3, -0.25) is 9.88 Å². The zero-order chi connectivity index (χ0) is 22.3. The van der Waals surface area contributed by atoms with Crippen molar-refractivity contribution in [3.05, 3.63) is 83.6 Å². The summed E-state index contributed by atoms with van der Waals surface area (Å²) in [5, 5.41) is 12.3. The number of rotatable bonds is 4. The first-order valence-electron chi connectivity index (χ1n) is 11.0. The van der Waals surface area contributed by atoms with Gasteiger partial charge in [0.2, 0.25) is 0 Å². The second-order valence-corrected chi connectivity index (χ2v) is 8.86. The van der Waals surface area contributed by atoms with Gasteiger partial charge in [0, 0.05) is 24.2 Å². The highest BCUT2D eigenvalue weighted by Crippen LogP contribution is 2.42. The van der Waals surface area contributed by atoms with Crippen molar-refractivity contribution >= 4 is 17.0 Å². The zero-order valence-corrected chi connectivity index (χ0v) is 17.5. The standard InChI is InChI=1S/C26H25F3N2O/c27-26(28,29)20-5-3-4-17(14-20)8-9-19-16-31-13-11-18(19)15-24(31)25(32)22-10-12-30-23-7-2-1-6-21(22)23/h1-10,12,14,18-19,24-25,32H,11,13,15-16H2/b9-8+/t18?,19?,24?,25-/m0/s1. The van der Waals surface area contributed by atoms with Gasteiger partial charge in [-0.1, -0.05) is 42.5 Å². The minimum Gasteiger partial charge on any atom is -0.387 e. The van der Waals surface area contributed by atoms with Gasteiger partial charge in [0.05, 0.1) is 17.2 Å². The Morgan fingerprint density at radius 1 is 1.09 bits per heavy atom. The lowest BCUT2D eigenvalue weighted by Gasteiger charge is -2.50. The molecule has 4 unspecified atom stereocenters. The van der Waals surface area contributed by atoms with Gasteiger partial charge in [0.15, 0.2) is 0 Å². The van der Waals surface area contributed by atoms with E-state index >= 15 is 0 Å². The van der Waals surface area contributed by atoms with E-state index in [1.165, 1.54) is 12.1 Å². The summed E-state index contributed by atoms with van der Waals surface area (Å²) >= 11 is 0. The van der Waals surface area contributed by atoms with Crippen molar-refractivity contribution < 1.29 is 18.3 Å². The topological polar surface area (TPSA) is 36.4 Å². The molecular weight excluding hydrogens is 413 g/mol. The molecule has 3 fully saturated rings. The maximum Gasteiger partial charge on any atom is 0.416 e. The number of alkyl halides is 3. The lowest BCUT2D eigenvalue weighted by atomic mass is 9.73. The molecular formula is C26H25F3N2O. The summed E-state index contributed by atoms with van der Waals surface area (Å²) in [6, 6.07) is 15.2. The molecule has 1 N–H and O–H groups in total. The van der Waals surface area contributed by atoms with Crippen LogP contribution < -0.4 is 0 Å². The number of benzene rings is 2. The molecule has 3 saturated heterocycles. The molecule has 1 aromatic heterocycles. The van der Waals surface area contributed by atoms with E-state index in [1.54, 1.807) is 12.3 Å². The number of fused-ring (bicyclic) bond motifs is 4. The van der Waals surface area contributed by atoms with E-state index in [9.17, 15) is 18.3 Å². The smallest absolute Gasteiger partial charge is 0.387 e. The molecule has 5 atom stereocenters. The third-order valence-corrected chi connectivity index (χ3v) is 6.97. The molecule has 2 bridgehead atoms.